The van der Waals surface area contributed by atoms with E-state index in [1.54, 1.807) is 0 Å². The second-order valence-electron chi connectivity index (χ2n) is 3.81. The Balaban J connectivity index is 0. The highest BCUT2D eigenvalue weighted by Gasteiger charge is 1.89. The van der Waals surface area contributed by atoms with E-state index in [1.165, 1.54) is 51.4 Å². The van der Waals surface area contributed by atoms with Gasteiger partial charge in [0.05, 0.1) is 0 Å². The van der Waals surface area contributed by atoms with Crippen molar-refractivity contribution in [3.63, 3.8) is 0 Å². The second-order valence-corrected chi connectivity index (χ2v) is 3.81. The van der Waals surface area contributed by atoms with E-state index >= 15 is 0 Å². The average molecular weight is 229 g/mol. The quantitative estimate of drug-likeness (QED) is 0.471. The number of hydrogen-bond acceptors (Lipinski definition) is 2. The van der Waals surface area contributed by atoms with E-state index < -0.39 is 5.97 Å². The van der Waals surface area contributed by atoms with Crippen molar-refractivity contribution >= 4 is 5.97 Å². The van der Waals surface area contributed by atoms with E-state index in [2.05, 4.69) is 13.5 Å². The Bertz CT molecular complexity index is 150. The molecule has 3 N–H and O–H groups in total. The fourth-order valence-electron chi connectivity index (χ4n) is 1.28. The molecule has 3 heteroatoms. The van der Waals surface area contributed by atoms with Crippen molar-refractivity contribution in [3.05, 3.63) is 12.7 Å². The van der Waals surface area contributed by atoms with Crippen LogP contribution in [0.1, 0.15) is 58.3 Å². The third-order valence-electron chi connectivity index (χ3n) is 2.23. The molecule has 0 aliphatic rings. The van der Waals surface area contributed by atoms with Crippen LogP contribution in [0.3, 0.4) is 0 Å². The van der Waals surface area contributed by atoms with Crippen molar-refractivity contribution in [1.29, 1.82) is 0 Å². The Labute approximate surface area is 99.7 Å². The molecule has 96 valence electrons. The Morgan fingerprint density at radius 3 is 1.81 bits per heavy atom. The monoisotopic (exact) mass is 229 g/mol. The third-order valence-corrected chi connectivity index (χ3v) is 2.23. The summed E-state index contributed by atoms with van der Waals surface area (Å²) in [5.41, 5.74) is 5.39. The van der Waals surface area contributed by atoms with Crippen LogP contribution in [-0.4, -0.2) is 17.6 Å². The van der Waals surface area contributed by atoms with Gasteiger partial charge in [0, 0.05) is 6.08 Å². The fraction of sp³-hybridized carbons (Fsp3) is 0.769. The van der Waals surface area contributed by atoms with Crippen molar-refractivity contribution in [1.82, 2.24) is 0 Å². The van der Waals surface area contributed by atoms with Gasteiger partial charge in [0.25, 0.3) is 0 Å². The average Bonchev–Trinajstić information content (AvgIpc) is 2.29. The van der Waals surface area contributed by atoms with Crippen molar-refractivity contribution in [2.24, 2.45) is 5.73 Å². The molecule has 3 nitrogen and oxygen atoms in total. The standard InChI is InChI=1S/C10H23N.C3H4O2/c1-2-3-4-5-6-7-8-9-10-11;1-2-3(4)5/h2-11H2,1H3;2H,1H2,(H,4,5). The highest BCUT2D eigenvalue weighted by atomic mass is 16.4. The van der Waals surface area contributed by atoms with E-state index in [1.807, 2.05) is 0 Å². The molecule has 16 heavy (non-hydrogen) atoms. The SMILES string of the molecule is C=CC(=O)O.CCCCCCCCCCN. The molecule has 0 amide bonds. The maximum Gasteiger partial charge on any atom is 0.327 e. The lowest BCUT2D eigenvalue weighted by molar-refractivity contribution is -0.131. The summed E-state index contributed by atoms with van der Waals surface area (Å²) in [5, 5.41) is 7.60. The highest BCUT2D eigenvalue weighted by molar-refractivity contribution is 5.78. The first-order valence-electron chi connectivity index (χ1n) is 6.24. The lowest BCUT2D eigenvalue weighted by Crippen LogP contribution is -1.97. The van der Waals surface area contributed by atoms with E-state index in [0.29, 0.717) is 0 Å². The zero-order valence-corrected chi connectivity index (χ0v) is 10.6. The smallest absolute Gasteiger partial charge is 0.327 e. The van der Waals surface area contributed by atoms with Crippen LogP contribution in [0.25, 0.3) is 0 Å². The molecule has 0 radical (unpaired) electrons. The summed E-state index contributed by atoms with van der Waals surface area (Å²) in [7, 11) is 0. The number of carboxylic acids is 1. The van der Waals surface area contributed by atoms with E-state index in [9.17, 15) is 4.79 Å². The number of aliphatic carboxylic acids is 1. The van der Waals surface area contributed by atoms with Crippen LogP contribution in [0.5, 0.6) is 0 Å². The summed E-state index contributed by atoms with van der Waals surface area (Å²) in [4.78, 5) is 9.25. The first kappa shape index (κ1) is 17.6. The summed E-state index contributed by atoms with van der Waals surface area (Å²) in [6.45, 7) is 6.09. The highest BCUT2D eigenvalue weighted by Crippen LogP contribution is 2.07. The summed E-state index contributed by atoms with van der Waals surface area (Å²) in [5.74, 6) is -0.981. The van der Waals surface area contributed by atoms with Gasteiger partial charge in [-0.25, -0.2) is 4.79 Å². The Hall–Kier alpha value is -0.830. The van der Waals surface area contributed by atoms with Crippen LogP contribution in [-0.2, 0) is 4.79 Å². The largest absolute Gasteiger partial charge is 0.478 e. The Kier molecular flexibility index (Phi) is 18.2. The van der Waals surface area contributed by atoms with Crippen molar-refractivity contribution in [3.8, 4) is 0 Å². The number of nitrogens with two attached hydrogens (primary N) is 1. The first-order chi connectivity index (χ1) is 7.68. The topological polar surface area (TPSA) is 63.3 Å². The maximum absolute atomic E-state index is 9.25. The number of hydrogen-bond donors (Lipinski definition) is 2. The molecule has 0 saturated heterocycles. The number of carbonyl (C=O) groups is 1. The summed E-state index contributed by atoms with van der Waals surface area (Å²) in [6, 6.07) is 0. The fourth-order valence-corrected chi connectivity index (χ4v) is 1.28. The minimum Gasteiger partial charge on any atom is -0.478 e. The number of carboxylic acid groups (broad SMARTS) is 1. The van der Waals surface area contributed by atoms with Crippen molar-refractivity contribution in [2.75, 3.05) is 6.54 Å². The molecular formula is C13H27NO2. The second kappa shape index (κ2) is 16.6. The minimum absolute atomic E-state index is 0.833. The molecule has 0 fully saturated rings. The van der Waals surface area contributed by atoms with Gasteiger partial charge in [-0.05, 0) is 13.0 Å². The van der Waals surface area contributed by atoms with E-state index in [0.717, 1.165) is 12.6 Å². The molecule has 0 aromatic rings. The molecule has 0 aliphatic carbocycles. The van der Waals surface area contributed by atoms with Gasteiger partial charge < -0.3 is 10.8 Å². The van der Waals surface area contributed by atoms with Gasteiger partial charge in [-0.2, -0.15) is 0 Å². The normalized spacial score (nSPS) is 9.12. The van der Waals surface area contributed by atoms with Gasteiger partial charge in [0.2, 0.25) is 0 Å². The predicted octanol–water partition coefficient (Wildman–Crippen LogP) is 3.34. The summed E-state index contributed by atoms with van der Waals surface area (Å²) in [6.07, 6.45) is 11.8. The van der Waals surface area contributed by atoms with Crippen LogP contribution < -0.4 is 5.73 Å². The van der Waals surface area contributed by atoms with Gasteiger partial charge in [-0.1, -0.05) is 58.4 Å². The molecule has 0 aliphatic heterocycles. The first-order valence-corrected chi connectivity index (χ1v) is 6.24. The molecule has 0 atom stereocenters. The number of unbranched alkanes of at least 4 members (excludes halogenated alkanes) is 7. The van der Waals surface area contributed by atoms with Crippen LogP contribution in [0, 0.1) is 0 Å². The van der Waals surface area contributed by atoms with Crippen molar-refractivity contribution < 1.29 is 9.90 Å². The molecule has 0 rings (SSSR count). The zero-order valence-electron chi connectivity index (χ0n) is 10.6. The summed E-state index contributed by atoms with van der Waals surface area (Å²) >= 11 is 0. The zero-order chi connectivity index (χ0) is 12.6. The summed E-state index contributed by atoms with van der Waals surface area (Å²) < 4.78 is 0. The van der Waals surface area contributed by atoms with Crippen molar-refractivity contribution in [2.45, 2.75) is 58.3 Å². The predicted molar refractivity (Wildman–Crippen MR) is 69.5 cm³/mol. The van der Waals surface area contributed by atoms with Crippen LogP contribution in [0.4, 0.5) is 0 Å². The van der Waals surface area contributed by atoms with Gasteiger partial charge in [-0.15, -0.1) is 0 Å². The minimum atomic E-state index is -0.981. The molecule has 0 saturated carbocycles. The molecule has 0 heterocycles. The van der Waals surface area contributed by atoms with Gasteiger partial charge >= 0.3 is 5.97 Å². The van der Waals surface area contributed by atoms with Gasteiger partial charge in [0.15, 0.2) is 0 Å². The molecule has 0 spiro atoms. The molecule has 0 aromatic carbocycles. The lowest BCUT2D eigenvalue weighted by Gasteiger charge is -1.99. The molecular weight excluding hydrogens is 202 g/mol. The molecule has 0 bridgehead atoms. The van der Waals surface area contributed by atoms with Gasteiger partial charge in [0.1, 0.15) is 0 Å². The van der Waals surface area contributed by atoms with Crippen LogP contribution in [0.2, 0.25) is 0 Å². The lowest BCUT2D eigenvalue weighted by atomic mass is 10.1. The Morgan fingerprint density at radius 1 is 1.12 bits per heavy atom. The van der Waals surface area contributed by atoms with Gasteiger partial charge in [-0.3, -0.25) is 0 Å². The third kappa shape index (κ3) is 23.2. The maximum atomic E-state index is 9.25. The van der Waals surface area contributed by atoms with E-state index in [-0.39, 0.29) is 0 Å². The van der Waals surface area contributed by atoms with Crippen LogP contribution in [0.15, 0.2) is 12.7 Å². The molecule has 0 unspecified atom stereocenters. The molecule has 0 aromatic heterocycles. The van der Waals surface area contributed by atoms with E-state index in [4.69, 9.17) is 10.8 Å². The number of rotatable bonds is 9. The Morgan fingerprint density at radius 2 is 1.50 bits per heavy atom. The van der Waals surface area contributed by atoms with Crippen LogP contribution >= 0.6 is 0 Å².